The van der Waals surface area contributed by atoms with Crippen LogP contribution in [0, 0.1) is 0 Å². The zero-order valence-electron chi connectivity index (χ0n) is 18.0. The summed E-state index contributed by atoms with van der Waals surface area (Å²) in [5.74, 6) is 0.801. The van der Waals surface area contributed by atoms with Crippen LogP contribution in [0.15, 0.2) is 84.9 Å². The SMILES string of the molecule is CC[C@@H]1CN(Cc2ccccc2)Cc2cc3cccc(Cc4ccccc4)c3nc2O1. The molecule has 0 saturated heterocycles. The molecule has 0 saturated carbocycles. The summed E-state index contributed by atoms with van der Waals surface area (Å²) in [7, 11) is 0. The van der Waals surface area contributed by atoms with Crippen LogP contribution in [0.25, 0.3) is 10.9 Å². The quantitative estimate of drug-likeness (QED) is 0.405. The molecule has 5 rings (SSSR count). The molecule has 1 aliphatic heterocycles. The van der Waals surface area contributed by atoms with E-state index < -0.39 is 0 Å². The van der Waals surface area contributed by atoms with Gasteiger partial charge >= 0.3 is 0 Å². The zero-order valence-corrected chi connectivity index (χ0v) is 18.0. The summed E-state index contributed by atoms with van der Waals surface area (Å²) in [6, 6.07) is 30.1. The van der Waals surface area contributed by atoms with E-state index in [1.165, 1.54) is 27.6 Å². The van der Waals surface area contributed by atoms with Crippen LogP contribution in [0.3, 0.4) is 0 Å². The van der Waals surface area contributed by atoms with Crippen molar-refractivity contribution < 1.29 is 4.74 Å². The largest absolute Gasteiger partial charge is 0.473 e. The van der Waals surface area contributed by atoms with Crippen LogP contribution in [-0.2, 0) is 19.5 Å². The first-order valence-electron chi connectivity index (χ1n) is 11.2. The Balaban J connectivity index is 1.50. The summed E-state index contributed by atoms with van der Waals surface area (Å²) < 4.78 is 6.43. The van der Waals surface area contributed by atoms with Crippen molar-refractivity contribution in [1.29, 1.82) is 0 Å². The van der Waals surface area contributed by atoms with Crippen LogP contribution < -0.4 is 4.74 Å². The minimum absolute atomic E-state index is 0.149. The number of rotatable bonds is 5. The first-order chi connectivity index (χ1) is 15.3. The normalized spacial score (nSPS) is 16.5. The minimum atomic E-state index is 0.149. The molecule has 4 aromatic rings. The lowest BCUT2D eigenvalue weighted by Crippen LogP contribution is -2.32. The fraction of sp³-hybridized carbons (Fsp3) is 0.250. The highest BCUT2D eigenvalue weighted by Crippen LogP contribution is 2.30. The minimum Gasteiger partial charge on any atom is -0.473 e. The number of fused-ring (bicyclic) bond motifs is 2. The van der Waals surface area contributed by atoms with E-state index in [1.54, 1.807) is 0 Å². The molecule has 1 aromatic heterocycles. The highest BCUT2D eigenvalue weighted by molar-refractivity contribution is 5.83. The van der Waals surface area contributed by atoms with Crippen molar-refractivity contribution in [1.82, 2.24) is 9.88 Å². The topological polar surface area (TPSA) is 25.4 Å². The van der Waals surface area contributed by atoms with Gasteiger partial charge in [-0.3, -0.25) is 4.90 Å². The van der Waals surface area contributed by atoms with Crippen LogP contribution in [0.2, 0.25) is 0 Å². The van der Waals surface area contributed by atoms with Gasteiger partial charge in [0.2, 0.25) is 5.88 Å². The maximum absolute atomic E-state index is 6.43. The van der Waals surface area contributed by atoms with Crippen molar-refractivity contribution in [3.05, 3.63) is 107 Å². The Morgan fingerprint density at radius 3 is 2.39 bits per heavy atom. The lowest BCUT2D eigenvalue weighted by atomic mass is 10.0. The second-order valence-corrected chi connectivity index (χ2v) is 8.41. The van der Waals surface area contributed by atoms with Crippen molar-refractivity contribution in [3.8, 4) is 5.88 Å². The molecule has 1 atom stereocenters. The Hall–Kier alpha value is -3.17. The van der Waals surface area contributed by atoms with Crippen LogP contribution in [0.4, 0.5) is 0 Å². The standard InChI is InChI=1S/C28H28N2O/c1-2-26-20-30(18-22-12-7-4-8-13-22)19-25-17-24-15-9-14-23(27(24)29-28(25)31-26)16-21-10-5-3-6-11-21/h3-15,17,26H,2,16,18-20H2,1H3/t26-/m1/s1. The molecule has 0 N–H and O–H groups in total. The first kappa shape index (κ1) is 19.8. The number of nitrogens with zero attached hydrogens (tertiary/aromatic N) is 2. The third-order valence-corrected chi connectivity index (χ3v) is 6.04. The van der Waals surface area contributed by atoms with Gasteiger partial charge in [-0.15, -0.1) is 0 Å². The van der Waals surface area contributed by atoms with Gasteiger partial charge in [0.15, 0.2) is 0 Å². The summed E-state index contributed by atoms with van der Waals surface area (Å²) in [5, 5.41) is 1.19. The van der Waals surface area contributed by atoms with E-state index in [-0.39, 0.29) is 6.10 Å². The van der Waals surface area contributed by atoms with Crippen molar-refractivity contribution in [2.24, 2.45) is 0 Å². The summed E-state index contributed by atoms with van der Waals surface area (Å²) in [6.45, 7) is 4.88. The molecule has 0 fully saturated rings. The molecule has 3 heteroatoms. The monoisotopic (exact) mass is 408 g/mol. The highest BCUT2D eigenvalue weighted by Gasteiger charge is 2.24. The molecule has 31 heavy (non-hydrogen) atoms. The highest BCUT2D eigenvalue weighted by atomic mass is 16.5. The van der Waals surface area contributed by atoms with Gasteiger partial charge in [0, 0.05) is 30.6 Å². The average Bonchev–Trinajstić information content (AvgIpc) is 2.97. The fourth-order valence-corrected chi connectivity index (χ4v) is 4.42. The molecule has 3 aromatic carbocycles. The Bertz CT molecular complexity index is 1160. The molecular formula is C28H28N2O. The molecule has 2 heterocycles. The molecular weight excluding hydrogens is 380 g/mol. The fourth-order valence-electron chi connectivity index (χ4n) is 4.42. The number of pyridine rings is 1. The molecule has 1 aliphatic rings. The van der Waals surface area contributed by atoms with E-state index in [4.69, 9.17) is 9.72 Å². The summed E-state index contributed by atoms with van der Waals surface area (Å²) in [4.78, 5) is 7.55. The molecule has 0 unspecified atom stereocenters. The van der Waals surface area contributed by atoms with E-state index in [0.29, 0.717) is 0 Å². The number of ether oxygens (including phenoxy) is 1. The van der Waals surface area contributed by atoms with Gasteiger partial charge in [-0.05, 0) is 35.6 Å². The number of benzene rings is 3. The maximum Gasteiger partial charge on any atom is 0.218 e. The Morgan fingerprint density at radius 1 is 0.903 bits per heavy atom. The second-order valence-electron chi connectivity index (χ2n) is 8.41. The van der Waals surface area contributed by atoms with Crippen LogP contribution in [0.5, 0.6) is 5.88 Å². The average molecular weight is 409 g/mol. The second kappa shape index (κ2) is 8.91. The van der Waals surface area contributed by atoms with Crippen LogP contribution in [-0.4, -0.2) is 22.5 Å². The predicted molar refractivity (Wildman–Crippen MR) is 126 cm³/mol. The molecule has 0 radical (unpaired) electrons. The summed E-state index contributed by atoms with van der Waals surface area (Å²) >= 11 is 0. The maximum atomic E-state index is 6.43. The smallest absolute Gasteiger partial charge is 0.218 e. The predicted octanol–water partition coefficient (Wildman–Crippen LogP) is 6.00. The van der Waals surface area contributed by atoms with Crippen molar-refractivity contribution >= 4 is 10.9 Å². The van der Waals surface area contributed by atoms with Crippen molar-refractivity contribution in [2.45, 2.75) is 39.0 Å². The van der Waals surface area contributed by atoms with Crippen molar-refractivity contribution in [2.75, 3.05) is 6.54 Å². The molecule has 0 aliphatic carbocycles. The lowest BCUT2D eigenvalue weighted by molar-refractivity contribution is 0.136. The van der Waals surface area contributed by atoms with E-state index in [0.717, 1.165) is 43.9 Å². The lowest BCUT2D eigenvalue weighted by Gasteiger charge is -2.23. The van der Waals surface area contributed by atoms with Gasteiger partial charge in [0.1, 0.15) is 6.10 Å². The van der Waals surface area contributed by atoms with E-state index in [9.17, 15) is 0 Å². The van der Waals surface area contributed by atoms with Crippen molar-refractivity contribution in [3.63, 3.8) is 0 Å². The van der Waals surface area contributed by atoms with E-state index in [1.807, 2.05) is 0 Å². The first-order valence-corrected chi connectivity index (χ1v) is 11.2. The number of hydrogen-bond donors (Lipinski definition) is 0. The third kappa shape index (κ3) is 4.47. The van der Waals surface area contributed by atoms with Gasteiger partial charge in [-0.1, -0.05) is 85.8 Å². The van der Waals surface area contributed by atoms with Gasteiger partial charge in [-0.25, -0.2) is 4.98 Å². The Labute approximate surface area is 184 Å². The summed E-state index contributed by atoms with van der Waals surface area (Å²) in [5.41, 5.74) is 6.11. The van der Waals surface area contributed by atoms with Gasteiger partial charge < -0.3 is 4.74 Å². The summed E-state index contributed by atoms with van der Waals surface area (Å²) in [6.07, 6.45) is 1.99. The number of aromatic nitrogens is 1. The van der Waals surface area contributed by atoms with Gasteiger partial charge in [0.25, 0.3) is 0 Å². The molecule has 0 amide bonds. The Morgan fingerprint density at radius 2 is 1.65 bits per heavy atom. The Kier molecular flexibility index (Phi) is 5.68. The molecule has 3 nitrogen and oxygen atoms in total. The third-order valence-electron chi connectivity index (χ3n) is 6.04. The van der Waals surface area contributed by atoms with E-state index >= 15 is 0 Å². The number of para-hydroxylation sites is 1. The van der Waals surface area contributed by atoms with Crippen LogP contribution >= 0.6 is 0 Å². The van der Waals surface area contributed by atoms with Gasteiger partial charge in [0.05, 0.1) is 5.52 Å². The van der Waals surface area contributed by atoms with E-state index in [2.05, 4.69) is 96.8 Å². The zero-order chi connectivity index (χ0) is 21.0. The van der Waals surface area contributed by atoms with Crippen LogP contribution in [0.1, 0.15) is 35.6 Å². The van der Waals surface area contributed by atoms with Gasteiger partial charge in [-0.2, -0.15) is 0 Å². The molecule has 156 valence electrons. The molecule has 0 bridgehead atoms. The molecule has 0 spiro atoms. The number of hydrogen-bond acceptors (Lipinski definition) is 3.